The largest absolute Gasteiger partial charge is 0.465 e. The molecule has 1 aromatic rings. The lowest BCUT2D eigenvalue weighted by Gasteiger charge is -2.41. The minimum Gasteiger partial charge on any atom is -0.465 e. The van der Waals surface area contributed by atoms with Crippen LogP contribution >= 0.6 is 23.4 Å². The molecule has 9 heteroatoms. The summed E-state index contributed by atoms with van der Waals surface area (Å²) in [6, 6.07) is 5.63. The number of hydrogen-bond acceptors (Lipinski definition) is 6. The van der Waals surface area contributed by atoms with Gasteiger partial charge in [-0.15, -0.1) is 11.8 Å². The van der Waals surface area contributed by atoms with Crippen molar-refractivity contribution >= 4 is 46.8 Å². The number of cyclic esters (lactones) is 1. The molecule has 0 saturated carbocycles. The van der Waals surface area contributed by atoms with Gasteiger partial charge in [-0.25, -0.2) is 0 Å². The van der Waals surface area contributed by atoms with Crippen molar-refractivity contribution in [2.75, 3.05) is 24.7 Å². The van der Waals surface area contributed by atoms with Crippen molar-refractivity contribution in [3.8, 4) is 0 Å². The van der Waals surface area contributed by atoms with E-state index in [2.05, 4.69) is 0 Å². The predicted molar refractivity (Wildman–Crippen MR) is 140 cm³/mol. The van der Waals surface area contributed by atoms with Gasteiger partial charge >= 0.3 is 5.97 Å². The van der Waals surface area contributed by atoms with Crippen LogP contribution in [0, 0.1) is 17.8 Å². The minimum absolute atomic E-state index is 0.107. The SMILES string of the molecule is CC(C)[C@H](CO)N1C(=O)[C@@H]2[C@H]3C(=O)OCCC=C[C@@]3(C)S[C@@]23C=CCN(c2ccccc2Cl)C(=O)C13. The zero-order valence-electron chi connectivity index (χ0n) is 20.6. The molecule has 1 N–H and O–H groups in total. The van der Waals surface area contributed by atoms with Crippen molar-refractivity contribution in [3.05, 3.63) is 53.6 Å². The average molecular weight is 531 g/mol. The maximum Gasteiger partial charge on any atom is 0.311 e. The van der Waals surface area contributed by atoms with Gasteiger partial charge < -0.3 is 19.6 Å². The third kappa shape index (κ3) is 3.63. The molecular weight excluding hydrogens is 500 g/mol. The highest BCUT2D eigenvalue weighted by Crippen LogP contribution is 2.65. The molecular formula is C27H31ClN2O5S. The molecule has 1 spiro atoms. The lowest BCUT2D eigenvalue weighted by Crippen LogP contribution is -2.58. The lowest BCUT2D eigenvalue weighted by molar-refractivity contribution is -0.154. The molecule has 0 aliphatic carbocycles. The maximum absolute atomic E-state index is 14.4. The molecule has 4 heterocycles. The third-order valence-corrected chi connectivity index (χ3v) is 10.0. The highest BCUT2D eigenvalue weighted by atomic mass is 35.5. The second kappa shape index (κ2) is 9.23. The summed E-state index contributed by atoms with van der Waals surface area (Å²) in [6.45, 7) is 6.04. The Labute approximate surface area is 220 Å². The fraction of sp³-hybridized carbons (Fsp3) is 0.519. The number of nitrogens with zero attached hydrogens (tertiary/aromatic N) is 2. The Morgan fingerprint density at radius 1 is 1.14 bits per heavy atom. The number of aliphatic hydroxyl groups is 1. The monoisotopic (exact) mass is 530 g/mol. The van der Waals surface area contributed by atoms with Crippen molar-refractivity contribution < 1.29 is 24.2 Å². The van der Waals surface area contributed by atoms with Gasteiger partial charge in [0.05, 0.1) is 46.5 Å². The number of para-hydroxylation sites is 1. The molecule has 0 aromatic heterocycles. The summed E-state index contributed by atoms with van der Waals surface area (Å²) in [4.78, 5) is 45.3. The second-order valence-electron chi connectivity index (χ2n) is 10.4. The number of rotatable bonds is 4. The van der Waals surface area contributed by atoms with Gasteiger partial charge in [-0.1, -0.05) is 61.9 Å². The summed E-state index contributed by atoms with van der Waals surface area (Å²) in [6.07, 6.45) is 8.45. The maximum atomic E-state index is 14.4. The number of esters is 1. The fourth-order valence-corrected chi connectivity index (χ4v) is 8.67. The van der Waals surface area contributed by atoms with Crippen LogP contribution in [0.15, 0.2) is 48.6 Å². The van der Waals surface area contributed by atoms with Gasteiger partial charge in [0.25, 0.3) is 5.91 Å². The Morgan fingerprint density at radius 2 is 1.89 bits per heavy atom. The van der Waals surface area contributed by atoms with Gasteiger partial charge in [-0.2, -0.15) is 0 Å². The van der Waals surface area contributed by atoms with E-state index >= 15 is 0 Å². The molecule has 0 bridgehead atoms. The molecule has 7 nitrogen and oxygen atoms in total. The molecule has 6 atom stereocenters. The van der Waals surface area contributed by atoms with Gasteiger partial charge in [0.1, 0.15) is 6.04 Å². The van der Waals surface area contributed by atoms with E-state index in [1.807, 2.05) is 51.1 Å². The van der Waals surface area contributed by atoms with Gasteiger partial charge in [0.2, 0.25) is 5.91 Å². The number of fused-ring (bicyclic) bond motifs is 2. The molecule has 0 radical (unpaired) electrons. The normalized spacial score (nSPS) is 34.6. The van der Waals surface area contributed by atoms with Crippen LogP contribution in [0.1, 0.15) is 27.2 Å². The lowest BCUT2D eigenvalue weighted by atomic mass is 9.74. The van der Waals surface area contributed by atoms with Crippen molar-refractivity contribution in [3.63, 3.8) is 0 Å². The molecule has 4 aliphatic heterocycles. The van der Waals surface area contributed by atoms with Crippen molar-refractivity contribution in [2.45, 2.75) is 48.8 Å². The average Bonchev–Trinajstić information content (AvgIpc) is 3.14. The summed E-state index contributed by atoms with van der Waals surface area (Å²) < 4.78 is 3.84. The van der Waals surface area contributed by atoms with Crippen LogP contribution in [0.2, 0.25) is 5.02 Å². The van der Waals surface area contributed by atoms with Crippen LogP contribution in [0.5, 0.6) is 0 Å². The number of halogens is 1. The highest BCUT2D eigenvalue weighted by molar-refractivity contribution is 8.02. The Bertz CT molecular complexity index is 1150. The number of carbonyl (C=O) groups is 3. The number of anilines is 1. The third-order valence-electron chi connectivity index (χ3n) is 7.91. The highest BCUT2D eigenvalue weighted by Gasteiger charge is 2.74. The Hall–Kier alpha value is -2.29. The zero-order valence-corrected chi connectivity index (χ0v) is 22.2. The van der Waals surface area contributed by atoms with Crippen molar-refractivity contribution in [2.24, 2.45) is 17.8 Å². The first-order valence-electron chi connectivity index (χ1n) is 12.4. The van der Waals surface area contributed by atoms with Gasteiger partial charge in [0, 0.05) is 11.3 Å². The van der Waals surface area contributed by atoms with Crippen LogP contribution in [-0.2, 0) is 19.1 Å². The first kappa shape index (κ1) is 25.4. The minimum atomic E-state index is -1.00. The quantitative estimate of drug-likeness (QED) is 0.474. The summed E-state index contributed by atoms with van der Waals surface area (Å²) in [5, 5.41) is 10.8. The molecule has 4 aliphatic rings. The molecule has 192 valence electrons. The first-order chi connectivity index (χ1) is 17.2. The number of carbonyl (C=O) groups excluding carboxylic acids is 3. The summed E-state index contributed by atoms with van der Waals surface area (Å²) >= 11 is 7.99. The number of benzene rings is 1. The predicted octanol–water partition coefficient (Wildman–Crippen LogP) is 3.45. The molecule has 1 aromatic carbocycles. The smallest absolute Gasteiger partial charge is 0.311 e. The number of thioether (sulfide) groups is 1. The number of hydrogen-bond donors (Lipinski definition) is 1. The van der Waals surface area contributed by atoms with E-state index < -0.39 is 39.4 Å². The molecule has 2 fully saturated rings. The Morgan fingerprint density at radius 3 is 2.58 bits per heavy atom. The van der Waals surface area contributed by atoms with Crippen LogP contribution in [0.3, 0.4) is 0 Å². The van der Waals surface area contributed by atoms with Gasteiger partial charge in [-0.05, 0) is 31.4 Å². The van der Waals surface area contributed by atoms with E-state index in [4.69, 9.17) is 16.3 Å². The molecule has 2 saturated heterocycles. The standard InChI is InChI=1S/C27H31ClN2O5S/c1-16(2)19(15-31)30-22-24(33)29(18-10-5-4-9-17(18)28)13-8-12-27(22)20(23(30)32)21-25(34)35-14-7-6-11-26(21,3)36-27/h4-6,8-12,16,19-22,31H,7,13-15H2,1-3H3/t19-,20-,21-,22?,26+,27-/m0/s1. The van der Waals surface area contributed by atoms with Crippen LogP contribution in [0.25, 0.3) is 0 Å². The van der Waals surface area contributed by atoms with E-state index in [1.54, 1.807) is 28.0 Å². The van der Waals surface area contributed by atoms with E-state index in [1.165, 1.54) is 11.8 Å². The van der Waals surface area contributed by atoms with Crippen molar-refractivity contribution in [1.29, 1.82) is 0 Å². The van der Waals surface area contributed by atoms with Gasteiger partial charge in [-0.3, -0.25) is 14.4 Å². The van der Waals surface area contributed by atoms with E-state index in [0.717, 1.165) is 0 Å². The van der Waals surface area contributed by atoms with Gasteiger partial charge in [0.15, 0.2) is 0 Å². The zero-order chi connectivity index (χ0) is 25.8. The van der Waals surface area contributed by atoms with Crippen LogP contribution in [-0.4, -0.2) is 69.1 Å². The Kier molecular flexibility index (Phi) is 6.50. The Balaban J connectivity index is 1.71. The van der Waals surface area contributed by atoms with Crippen LogP contribution < -0.4 is 4.90 Å². The van der Waals surface area contributed by atoms with Crippen LogP contribution in [0.4, 0.5) is 5.69 Å². The van der Waals surface area contributed by atoms with Crippen molar-refractivity contribution in [1.82, 2.24) is 4.90 Å². The number of ether oxygens (including phenoxy) is 1. The molecule has 1 unspecified atom stereocenters. The molecule has 36 heavy (non-hydrogen) atoms. The van der Waals surface area contributed by atoms with E-state index in [9.17, 15) is 19.5 Å². The summed E-state index contributed by atoms with van der Waals surface area (Å²) in [5.41, 5.74) is 0.561. The van der Waals surface area contributed by atoms with E-state index in [0.29, 0.717) is 17.1 Å². The first-order valence-corrected chi connectivity index (χ1v) is 13.6. The number of amides is 2. The summed E-state index contributed by atoms with van der Waals surface area (Å²) in [5.74, 6) is -2.64. The molecule has 5 rings (SSSR count). The second-order valence-corrected chi connectivity index (χ2v) is 12.6. The number of aliphatic hydroxyl groups excluding tert-OH is 1. The topological polar surface area (TPSA) is 87.2 Å². The molecule has 2 amide bonds. The van der Waals surface area contributed by atoms with E-state index in [-0.39, 0.29) is 37.5 Å². The summed E-state index contributed by atoms with van der Waals surface area (Å²) in [7, 11) is 0. The number of likely N-dealkylation sites (tertiary alicyclic amines) is 1. The fourth-order valence-electron chi connectivity index (χ4n) is 6.29.